The summed E-state index contributed by atoms with van der Waals surface area (Å²) in [4.78, 5) is 9.35. The minimum atomic E-state index is 0.584. The number of anilines is 1. The van der Waals surface area contributed by atoms with Crippen LogP contribution in [0, 0.1) is 19.8 Å². The zero-order valence-corrected chi connectivity index (χ0v) is 13.0. The summed E-state index contributed by atoms with van der Waals surface area (Å²) in [6, 6.07) is 8.44. The van der Waals surface area contributed by atoms with Gasteiger partial charge in [0, 0.05) is 24.4 Å². The van der Waals surface area contributed by atoms with Crippen molar-refractivity contribution in [3.63, 3.8) is 0 Å². The second kappa shape index (κ2) is 6.04. The van der Waals surface area contributed by atoms with E-state index in [1.54, 1.807) is 0 Å². The molecule has 0 spiro atoms. The summed E-state index contributed by atoms with van der Waals surface area (Å²) < 4.78 is 0. The van der Waals surface area contributed by atoms with Gasteiger partial charge in [-0.15, -0.1) is 0 Å². The predicted octanol–water partition coefficient (Wildman–Crippen LogP) is 4.00. The molecule has 0 fully saturated rings. The average molecular weight is 269 g/mol. The molecule has 0 aliphatic carbocycles. The van der Waals surface area contributed by atoms with E-state index in [-0.39, 0.29) is 0 Å². The van der Waals surface area contributed by atoms with Crippen LogP contribution in [0.4, 0.5) is 5.82 Å². The van der Waals surface area contributed by atoms with Crippen LogP contribution in [0.1, 0.15) is 30.7 Å². The Morgan fingerprint density at radius 1 is 1.10 bits per heavy atom. The molecule has 0 radical (unpaired) electrons. The molecule has 0 saturated carbocycles. The zero-order chi connectivity index (χ0) is 14.7. The van der Waals surface area contributed by atoms with Gasteiger partial charge in [0.25, 0.3) is 0 Å². The first-order valence-corrected chi connectivity index (χ1v) is 7.13. The van der Waals surface area contributed by atoms with Crippen molar-refractivity contribution in [2.45, 2.75) is 34.1 Å². The summed E-state index contributed by atoms with van der Waals surface area (Å²) in [7, 11) is 1.90. The van der Waals surface area contributed by atoms with E-state index in [1.165, 1.54) is 11.1 Å². The molecule has 2 aromatic rings. The number of hydrogen-bond donors (Lipinski definition) is 1. The van der Waals surface area contributed by atoms with Crippen LogP contribution in [-0.4, -0.2) is 17.0 Å². The minimum absolute atomic E-state index is 0.584. The molecule has 3 heteroatoms. The molecule has 1 aromatic heterocycles. The molecule has 0 aliphatic heterocycles. The van der Waals surface area contributed by atoms with Crippen LogP contribution in [0.2, 0.25) is 0 Å². The third-order valence-corrected chi connectivity index (χ3v) is 3.29. The van der Waals surface area contributed by atoms with E-state index in [9.17, 15) is 0 Å². The van der Waals surface area contributed by atoms with Crippen molar-refractivity contribution < 1.29 is 0 Å². The maximum Gasteiger partial charge on any atom is 0.162 e. The van der Waals surface area contributed by atoms with Crippen molar-refractivity contribution in [1.82, 2.24) is 9.97 Å². The van der Waals surface area contributed by atoms with Gasteiger partial charge >= 0.3 is 0 Å². The first-order chi connectivity index (χ1) is 9.49. The third kappa shape index (κ3) is 3.35. The highest BCUT2D eigenvalue weighted by Gasteiger charge is 2.10. The summed E-state index contributed by atoms with van der Waals surface area (Å²) in [6.45, 7) is 8.61. The Kier molecular flexibility index (Phi) is 4.38. The van der Waals surface area contributed by atoms with Crippen molar-refractivity contribution in [3.05, 3.63) is 41.1 Å². The fourth-order valence-electron chi connectivity index (χ4n) is 2.25. The Labute approximate surface area is 121 Å². The first kappa shape index (κ1) is 14.5. The molecular formula is C17H23N3. The van der Waals surface area contributed by atoms with Crippen LogP contribution in [0.25, 0.3) is 11.4 Å². The highest BCUT2D eigenvalue weighted by molar-refractivity contribution is 5.62. The number of hydrogen-bond acceptors (Lipinski definition) is 3. The predicted molar refractivity (Wildman–Crippen MR) is 85.0 cm³/mol. The van der Waals surface area contributed by atoms with Gasteiger partial charge in [-0.25, -0.2) is 9.97 Å². The molecule has 2 rings (SSSR count). The van der Waals surface area contributed by atoms with E-state index in [0.717, 1.165) is 29.3 Å². The van der Waals surface area contributed by atoms with E-state index >= 15 is 0 Å². The fourth-order valence-corrected chi connectivity index (χ4v) is 2.25. The molecular weight excluding hydrogens is 246 g/mol. The number of nitrogens with one attached hydrogen (secondary N) is 1. The first-order valence-electron chi connectivity index (χ1n) is 7.13. The van der Waals surface area contributed by atoms with Gasteiger partial charge in [0.05, 0.1) is 0 Å². The van der Waals surface area contributed by atoms with Crippen molar-refractivity contribution >= 4 is 5.82 Å². The molecule has 0 aliphatic rings. The highest BCUT2D eigenvalue weighted by Crippen LogP contribution is 2.23. The summed E-state index contributed by atoms with van der Waals surface area (Å²) >= 11 is 0. The second-order valence-corrected chi connectivity index (χ2v) is 5.73. The van der Waals surface area contributed by atoms with Gasteiger partial charge in [0.2, 0.25) is 0 Å². The Morgan fingerprint density at radius 2 is 1.85 bits per heavy atom. The standard InChI is InChI=1S/C17H23N3/c1-11(2)8-14-10-16(18-5)20-17(19-14)15-9-12(3)6-7-13(15)4/h6-7,9-11H,8H2,1-5H3,(H,18,19,20). The monoisotopic (exact) mass is 269 g/mol. The van der Waals surface area contributed by atoms with Crippen LogP contribution < -0.4 is 5.32 Å². The van der Waals surface area contributed by atoms with Gasteiger partial charge in [-0.3, -0.25) is 0 Å². The van der Waals surface area contributed by atoms with E-state index < -0.39 is 0 Å². The SMILES string of the molecule is CNc1cc(CC(C)C)nc(-c2cc(C)ccc2C)n1. The number of aryl methyl sites for hydroxylation is 2. The summed E-state index contributed by atoms with van der Waals surface area (Å²) in [6.07, 6.45) is 0.967. The lowest BCUT2D eigenvalue weighted by atomic mass is 10.0. The summed E-state index contributed by atoms with van der Waals surface area (Å²) in [5.74, 6) is 2.28. The molecule has 0 amide bonds. The maximum absolute atomic E-state index is 4.74. The van der Waals surface area contributed by atoms with Gasteiger partial charge in [-0.1, -0.05) is 31.5 Å². The van der Waals surface area contributed by atoms with E-state index in [2.05, 4.69) is 56.2 Å². The quantitative estimate of drug-likeness (QED) is 0.911. The normalized spacial score (nSPS) is 10.9. The molecule has 1 aromatic carbocycles. The lowest BCUT2D eigenvalue weighted by Crippen LogP contribution is -2.04. The van der Waals surface area contributed by atoms with Crippen molar-refractivity contribution in [2.24, 2.45) is 5.92 Å². The zero-order valence-electron chi connectivity index (χ0n) is 13.0. The van der Waals surface area contributed by atoms with Gasteiger partial charge < -0.3 is 5.32 Å². The second-order valence-electron chi connectivity index (χ2n) is 5.73. The van der Waals surface area contributed by atoms with E-state index in [4.69, 9.17) is 4.98 Å². The van der Waals surface area contributed by atoms with Gasteiger partial charge in [-0.05, 0) is 37.8 Å². The summed E-state index contributed by atoms with van der Waals surface area (Å²) in [5.41, 5.74) is 4.65. The van der Waals surface area contributed by atoms with Gasteiger partial charge in [-0.2, -0.15) is 0 Å². The van der Waals surface area contributed by atoms with E-state index in [0.29, 0.717) is 5.92 Å². The lowest BCUT2D eigenvalue weighted by molar-refractivity contribution is 0.635. The van der Waals surface area contributed by atoms with Crippen LogP contribution in [0.15, 0.2) is 24.3 Å². The van der Waals surface area contributed by atoms with Crippen molar-refractivity contribution in [1.29, 1.82) is 0 Å². The van der Waals surface area contributed by atoms with Crippen LogP contribution >= 0.6 is 0 Å². The molecule has 0 atom stereocenters. The molecule has 3 nitrogen and oxygen atoms in total. The average Bonchev–Trinajstić information content (AvgIpc) is 2.40. The molecule has 0 saturated heterocycles. The largest absolute Gasteiger partial charge is 0.373 e. The molecule has 1 N–H and O–H groups in total. The van der Waals surface area contributed by atoms with Crippen LogP contribution in [-0.2, 0) is 6.42 Å². The molecule has 20 heavy (non-hydrogen) atoms. The smallest absolute Gasteiger partial charge is 0.162 e. The third-order valence-electron chi connectivity index (χ3n) is 3.29. The van der Waals surface area contributed by atoms with Gasteiger partial charge in [0.15, 0.2) is 5.82 Å². The molecule has 1 heterocycles. The summed E-state index contributed by atoms with van der Waals surface area (Å²) in [5, 5.41) is 3.13. The topological polar surface area (TPSA) is 37.8 Å². The number of rotatable bonds is 4. The molecule has 106 valence electrons. The molecule has 0 bridgehead atoms. The Hall–Kier alpha value is -1.90. The minimum Gasteiger partial charge on any atom is -0.373 e. The van der Waals surface area contributed by atoms with Crippen molar-refractivity contribution in [3.8, 4) is 11.4 Å². The number of nitrogens with zero attached hydrogens (tertiary/aromatic N) is 2. The Morgan fingerprint density at radius 3 is 2.50 bits per heavy atom. The fraction of sp³-hybridized carbons (Fsp3) is 0.412. The van der Waals surface area contributed by atoms with Crippen LogP contribution in [0.3, 0.4) is 0 Å². The van der Waals surface area contributed by atoms with Crippen LogP contribution in [0.5, 0.6) is 0 Å². The van der Waals surface area contributed by atoms with Crippen molar-refractivity contribution in [2.75, 3.05) is 12.4 Å². The molecule has 0 unspecified atom stereocenters. The maximum atomic E-state index is 4.74. The lowest BCUT2D eigenvalue weighted by Gasteiger charge is -2.11. The van der Waals surface area contributed by atoms with Gasteiger partial charge in [0.1, 0.15) is 5.82 Å². The highest BCUT2D eigenvalue weighted by atomic mass is 15.0. The number of aromatic nitrogens is 2. The Bertz CT molecular complexity index is 603. The van der Waals surface area contributed by atoms with E-state index in [1.807, 2.05) is 13.1 Å². The number of benzene rings is 1. The Balaban J connectivity index is 2.52.